The number of hydrogen-bond acceptors (Lipinski definition) is 4. The Morgan fingerprint density at radius 3 is 2.94 bits per heavy atom. The molecule has 1 amide bonds. The minimum absolute atomic E-state index is 0.0220. The average molecular weight is 234 g/mol. The van der Waals surface area contributed by atoms with Crippen LogP contribution < -0.4 is 5.73 Å². The third-order valence-electron chi connectivity index (χ3n) is 2.76. The molecule has 5 nitrogen and oxygen atoms in total. The maximum atomic E-state index is 11.9. The zero-order valence-electron chi connectivity index (χ0n) is 10.3. The molecule has 0 spiro atoms. The van der Waals surface area contributed by atoms with Gasteiger partial charge < -0.3 is 10.6 Å². The second-order valence-electron chi connectivity index (χ2n) is 4.75. The molecule has 0 aliphatic carbocycles. The van der Waals surface area contributed by atoms with Crippen LogP contribution in [0.15, 0.2) is 29.2 Å². The molecule has 5 heteroatoms. The lowest BCUT2D eigenvalue weighted by molar-refractivity contribution is -0.132. The Kier molecular flexibility index (Phi) is 3.17. The molecule has 2 aliphatic heterocycles. The third kappa shape index (κ3) is 2.67. The second kappa shape index (κ2) is 4.61. The molecule has 0 aromatic heterocycles. The second-order valence-corrected chi connectivity index (χ2v) is 4.75. The van der Waals surface area contributed by atoms with Crippen molar-refractivity contribution in [1.82, 2.24) is 9.91 Å². The summed E-state index contributed by atoms with van der Waals surface area (Å²) in [5.41, 5.74) is 6.32. The molecule has 0 bridgehead atoms. The van der Waals surface area contributed by atoms with Gasteiger partial charge in [-0.1, -0.05) is 13.8 Å². The average Bonchev–Trinajstić information content (AvgIpc) is 2.26. The van der Waals surface area contributed by atoms with E-state index in [1.807, 2.05) is 6.08 Å². The number of carbonyl (C=O) groups is 1. The van der Waals surface area contributed by atoms with Gasteiger partial charge in [-0.25, -0.2) is 5.01 Å². The highest BCUT2D eigenvalue weighted by Gasteiger charge is 2.25. The summed E-state index contributed by atoms with van der Waals surface area (Å²) < 4.78 is 0. The Morgan fingerprint density at radius 2 is 2.24 bits per heavy atom. The highest BCUT2D eigenvalue weighted by atomic mass is 16.2. The van der Waals surface area contributed by atoms with Gasteiger partial charge in [-0.05, 0) is 24.5 Å². The van der Waals surface area contributed by atoms with Crippen LogP contribution in [-0.4, -0.2) is 34.7 Å². The Hall–Kier alpha value is -1.78. The number of nitrogens with two attached hydrogens (primary N) is 1. The molecule has 2 rings (SSSR count). The van der Waals surface area contributed by atoms with Gasteiger partial charge in [0.1, 0.15) is 6.54 Å². The Morgan fingerprint density at radius 1 is 1.47 bits per heavy atom. The third-order valence-corrected chi connectivity index (χ3v) is 2.76. The molecule has 0 unspecified atom stereocenters. The zero-order valence-corrected chi connectivity index (χ0v) is 10.3. The molecule has 0 atom stereocenters. The lowest BCUT2D eigenvalue weighted by atomic mass is 10.1. The fourth-order valence-corrected chi connectivity index (χ4v) is 1.74. The maximum Gasteiger partial charge on any atom is 0.262 e. The number of rotatable bonds is 3. The number of hydrogen-bond donors (Lipinski definition) is 1. The molecular weight excluding hydrogens is 216 g/mol. The first-order chi connectivity index (χ1) is 8.06. The monoisotopic (exact) mass is 234 g/mol. The van der Waals surface area contributed by atoms with Crippen LogP contribution >= 0.6 is 0 Å². The molecule has 17 heavy (non-hydrogen) atoms. The van der Waals surface area contributed by atoms with Crippen molar-refractivity contribution in [3.05, 3.63) is 24.0 Å². The number of hydrazone groups is 1. The van der Waals surface area contributed by atoms with Gasteiger partial charge in [-0.2, -0.15) is 5.10 Å². The van der Waals surface area contributed by atoms with Crippen molar-refractivity contribution in [2.45, 2.75) is 20.3 Å². The standard InChI is InChI=1S/C12H18N4O/c1-9(2)5-6-16-12(17)8-15-7-10(13)3-4-11(15)14-16/h3-4,7,9H,5-6,8,13H2,1-2H3. The van der Waals surface area contributed by atoms with Crippen molar-refractivity contribution in [1.29, 1.82) is 0 Å². The van der Waals surface area contributed by atoms with Crippen LogP contribution in [0.3, 0.4) is 0 Å². The van der Waals surface area contributed by atoms with Gasteiger partial charge in [0, 0.05) is 18.4 Å². The molecule has 0 radical (unpaired) electrons. The molecule has 2 N–H and O–H groups in total. The summed E-state index contributed by atoms with van der Waals surface area (Å²) in [7, 11) is 0. The first-order valence-corrected chi connectivity index (χ1v) is 5.87. The summed E-state index contributed by atoms with van der Waals surface area (Å²) >= 11 is 0. The largest absolute Gasteiger partial charge is 0.398 e. The fourth-order valence-electron chi connectivity index (χ4n) is 1.74. The van der Waals surface area contributed by atoms with Crippen molar-refractivity contribution in [3.63, 3.8) is 0 Å². The first kappa shape index (κ1) is 11.7. The minimum Gasteiger partial charge on any atom is -0.398 e. The maximum absolute atomic E-state index is 11.9. The molecule has 2 heterocycles. The van der Waals surface area contributed by atoms with E-state index < -0.39 is 0 Å². The van der Waals surface area contributed by atoms with Crippen molar-refractivity contribution in [3.8, 4) is 0 Å². The number of amides is 1. The zero-order chi connectivity index (χ0) is 12.4. The normalized spacial score (nSPS) is 19.4. The summed E-state index contributed by atoms with van der Waals surface area (Å²) in [6.45, 7) is 5.28. The van der Waals surface area contributed by atoms with Crippen LogP contribution in [0.1, 0.15) is 20.3 Å². The number of nitrogens with zero attached hydrogens (tertiary/aromatic N) is 3. The predicted molar refractivity (Wildman–Crippen MR) is 66.7 cm³/mol. The Labute approximate surface area is 101 Å². The smallest absolute Gasteiger partial charge is 0.262 e. The summed E-state index contributed by atoms with van der Waals surface area (Å²) in [4.78, 5) is 13.6. The van der Waals surface area contributed by atoms with E-state index in [4.69, 9.17) is 5.73 Å². The van der Waals surface area contributed by atoms with Crippen molar-refractivity contribution < 1.29 is 4.79 Å². The van der Waals surface area contributed by atoms with E-state index in [1.54, 1.807) is 22.2 Å². The number of allylic oxidation sites excluding steroid dienone is 1. The quantitative estimate of drug-likeness (QED) is 0.787. The molecule has 92 valence electrons. The Balaban J connectivity index is 2.10. The topological polar surface area (TPSA) is 61.9 Å². The summed E-state index contributed by atoms with van der Waals surface area (Å²) in [6.07, 6.45) is 6.34. The van der Waals surface area contributed by atoms with Gasteiger partial charge in [0.15, 0.2) is 5.84 Å². The van der Waals surface area contributed by atoms with Gasteiger partial charge in [0.2, 0.25) is 0 Å². The van der Waals surface area contributed by atoms with E-state index in [1.165, 1.54) is 0 Å². The van der Waals surface area contributed by atoms with Gasteiger partial charge >= 0.3 is 0 Å². The van der Waals surface area contributed by atoms with Crippen LogP contribution in [0.2, 0.25) is 0 Å². The molecule has 2 aliphatic rings. The SMILES string of the molecule is CC(C)CCN1N=C2C=CC(N)=CN2CC1=O. The summed E-state index contributed by atoms with van der Waals surface area (Å²) in [5.74, 6) is 1.37. The predicted octanol–water partition coefficient (Wildman–Crippen LogP) is 0.860. The Bertz CT molecular complexity index is 409. The van der Waals surface area contributed by atoms with Crippen molar-refractivity contribution in [2.24, 2.45) is 16.8 Å². The van der Waals surface area contributed by atoms with Crippen molar-refractivity contribution in [2.75, 3.05) is 13.1 Å². The highest BCUT2D eigenvalue weighted by Crippen LogP contribution is 2.14. The highest BCUT2D eigenvalue weighted by molar-refractivity contribution is 6.00. The number of fused-ring (bicyclic) bond motifs is 1. The van der Waals surface area contributed by atoms with Crippen LogP contribution in [0.5, 0.6) is 0 Å². The molecular formula is C12H18N4O. The number of carbonyl (C=O) groups excluding carboxylic acids is 1. The lowest BCUT2D eigenvalue weighted by Crippen LogP contribution is -2.45. The van der Waals surface area contributed by atoms with E-state index in [2.05, 4.69) is 18.9 Å². The number of amidine groups is 1. The van der Waals surface area contributed by atoms with Gasteiger partial charge in [-0.15, -0.1) is 0 Å². The lowest BCUT2D eigenvalue weighted by Gasteiger charge is -2.31. The van der Waals surface area contributed by atoms with Crippen molar-refractivity contribution >= 4 is 11.7 Å². The molecule has 0 saturated heterocycles. The van der Waals surface area contributed by atoms with Gasteiger partial charge in [0.25, 0.3) is 5.91 Å². The van der Waals surface area contributed by atoms with E-state index in [9.17, 15) is 4.79 Å². The summed E-state index contributed by atoms with van der Waals surface area (Å²) in [5, 5.41) is 5.89. The fraction of sp³-hybridized carbons (Fsp3) is 0.500. The van der Waals surface area contributed by atoms with Crippen LogP contribution in [0.4, 0.5) is 0 Å². The van der Waals surface area contributed by atoms with E-state index >= 15 is 0 Å². The molecule has 0 aromatic rings. The van der Waals surface area contributed by atoms with Crippen LogP contribution in [0.25, 0.3) is 0 Å². The van der Waals surface area contributed by atoms with E-state index in [-0.39, 0.29) is 5.91 Å². The summed E-state index contributed by atoms with van der Waals surface area (Å²) in [6, 6.07) is 0. The van der Waals surface area contributed by atoms with Gasteiger partial charge in [-0.3, -0.25) is 4.79 Å². The van der Waals surface area contributed by atoms with Crippen LogP contribution in [0, 0.1) is 5.92 Å². The van der Waals surface area contributed by atoms with Gasteiger partial charge in [0.05, 0.1) is 0 Å². The molecule has 0 saturated carbocycles. The minimum atomic E-state index is 0.0220. The molecule has 0 aromatic carbocycles. The first-order valence-electron chi connectivity index (χ1n) is 5.87. The molecule has 0 fully saturated rings. The van der Waals surface area contributed by atoms with E-state index in [0.717, 1.165) is 12.3 Å². The van der Waals surface area contributed by atoms with E-state index in [0.29, 0.717) is 24.7 Å². The van der Waals surface area contributed by atoms with Crippen LogP contribution in [-0.2, 0) is 4.79 Å².